The molecule has 0 aliphatic carbocycles. The first kappa shape index (κ1) is 26.2. The van der Waals surface area contributed by atoms with E-state index in [1.807, 2.05) is 24.3 Å². The molecule has 1 aromatic heterocycles. The van der Waals surface area contributed by atoms with E-state index in [2.05, 4.69) is 28.2 Å². The highest BCUT2D eigenvalue weighted by atomic mass is 32.2. The summed E-state index contributed by atoms with van der Waals surface area (Å²) < 4.78 is 28.5. The van der Waals surface area contributed by atoms with Crippen molar-refractivity contribution in [2.45, 2.75) is 47.4 Å². The molecule has 3 aromatic carbocycles. The van der Waals surface area contributed by atoms with Crippen molar-refractivity contribution in [3.8, 4) is 0 Å². The maximum Gasteiger partial charge on any atom is 0.328 e. The van der Waals surface area contributed by atoms with E-state index in [4.69, 9.17) is 0 Å². The second-order valence-electron chi connectivity index (χ2n) is 9.48. The van der Waals surface area contributed by atoms with Crippen molar-refractivity contribution in [1.82, 2.24) is 20.2 Å². The van der Waals surface area contributed by atoms with E-state index in [0.717, 1.165) is 15.3 Å². The molecule has 3 unspecified atom stereocenters. The van der Waals surface area contributed by atoms with Crippen molar-refractivity contribution < 1.29 is 13.2 Å². The number of sulfone groups is 1. The zero-order chi connectivity index (χ0) is 26.9. The van der Waals surface area contributed by atoms with Gasteiger partial charge in [-0.3, -0.25) is 14.2 Å². The van der Waals surface area contributed by atoms with Gasteiger partial charge in [0.25, 0.3) is 5.56 Å². The van der Waals surface area contributed by atoms with Crippen LogP contribution in [0.25, 0.3) is 21.7 Å². The lowest BCUT2D eigenvalue weighted by atomic mass is 10.1. The Balaban J connectivity index is 1.34. The largest absolute Gasteiger partial charge is 0.338 e. The van der Waals surface area contributed by atoms with Crippen molar-refractivity contribution in [3.63, 3.8) is 0 Å². The van der Waals surface area contributed by atoms with E-state index < -0.39 is 38.4 Å². The molecule has 198 valence electrons. The molecule has 1 saturated heterocycles. The zero-order valence-electron chi connectivity index (χ0n) is 20.5. The third-order valence-corrected chi connectivity index (χ3v) is 9.29. The average Bonchev–Trinajstić information content (AvgIpc) is 3.34. The predicted octanol–water partition coefficient (Wildman–Crippen LogP) is 2.20. The smallest absolute Gasteiger partial charge is 0.328 e. The fraction of sp³-hybridized carbons (Fsp3) is 0.296. The SMILES string of the molecule is O=C(CCCn1c(=O)[nH]c2ccccc2c1=O)NC(C1CC(S)CN1)S(=O)(=O)c1ccc2ccccc2c1. The van der Waals surface area contributed by atoms with Crippen molar-refractivity contribution in [3.05, 3.63) is 87.6 Å². The number of aromatic nitrogens is 2. The molecular weight excluding hydrogens is 524 g/mol. The monoisotopic (exact) mass is 552 g/mol. The lowest BCUT2D eigenvalue weighted by Gasteiger charge is -2.25. The minimum atomic E-state index is -3.95. The molecule has 1 fully saturated rings. The van der Waals surface area contributed by atoms with Crippen LogP contribution in [0.3, 0.4) is 0 Å². The van der Waals surface area contributed by atoms with Gasteiger partial charge in [0.2, 0.25) is 15.7 Å². The van der Waals surface area contributed by atoms with Crippen LogP contribution in [0.4, 0.5) is 0 Å². The van der Waals surface area contributed by atoms with Gasteiger partial charge in [0.05, 0.1) is 15.8 Å². The predicted molar refractivity (Wildman–Crippen MR) is 150 cm³/mol. The summed E-state index contributed by atoms with van der Waals surface area (Å²) in [6.45, 7) is 0.552. The number of fused-ring (bicyclic) bond motifs is 2. The van der Waals surface area contributed by atoms with Gasteiger partial charge in [0, 0.05) is 30.8 Å². The summed E-state index contributed by atoms with van der Waals surface area (Å²) in [5, 5.41) is 6.75. The van der Waals surface area contributed by atoms with Crippen molar-refractivity contribution >= 4 is 50.0 Å². The molecule has 1 amide bonds. The average molecular weight is 553 g/mol. The third kappa shape index (κ3) is 5.27. The number of nitrogens with one attached hydrogen (secondary N) is 3. The number of amides is 1. The Morgan fingerprint density at radius 1 is 1.05 bits per heavy atom. The molecule has 3 atom stereocenters. The fourth-order valence-corrected chi connectivity index (χ4v) is 6.99. The number of carbonyl (C=O) groups excluding carboxylic acids is 1. The lowest BCUT2D eigenvalue weighted by Crippen LogP contribution is -2.52. The van der Waals surface area contributed by atoms with Gasteiger partial charge < -0.3 is 15.6 Å². The highest BCUT2D eigenvalue weighted by molar-refractivity contribution is 7.92. The van der Waals surface area contributed by atoms with Crippen LogP contribution in [0, 0.1) is 0 Å². The standard InChI is InChI=1S/C27H28N4O5S2/c32-24(10-5-13-31-26(33)21-8-3-4-9-22(21)29-27(31)34)30-25(23-15-19(37)16-28-23)38(35,36)20-12-11-17-6-1-2-7-18(17)14-20/h1-4,6-9,11-12,14,19,23,25,28,37H,5,10,13,15-16H2,(H,29,34)(H,30,32). The van der Waals surface area contributed by atoms with Crippen LogP contribution in [0.1, 0.15) is 19.3 Å². The Labute approximate surface area is 224 Å². The molecule has 3 N–H and O–H groups in total. The minimum absolute atomic E-state index is 0.0227. The molecular formula is C27H28N4O5S2. The molecule has 4 aromatic rings. The second kappa shape index (κ2) is 10.8. The van der Waals surface area contributed by atoms with E-state index in [1.165, 1.54) is 0 Å². The van der Waals surface area contributed by atoms with Gasteiger partial charge in [-0.1, -0.05) is 42.5 Å². The molecule has 0 radical (unpaired) electrons. The minimum Gasteiger partial charge on any atom is -0.338 e. The first-order chi connectivity index (χ1) is 18.2. The maximum absolute atomic E-state index is 13.7. The van der Waals surface area contributed by atoms with Gasteiger partial charge in [0.15, 0.2) is 5.37 Å². The number of benzene rings is 3. The number of hydrogen-bond acceptors (Lipinski definition) is 7. The van der Waals surface area contributed by atoms with E-state index in [-0.39, 0.29) is 29.5 Å². The number of aromatic amines is 1. The molecule has 1 aliphatic heterocycles. The lowest BCUT2D eigenvalue weighted by molar-refractivity contribution is -0.121. The molecule has 0 saturated carbocycles. The highest BCUT2D eigenvalue weighted by Gasteiger charge is 2.39. The van der Waals surface area contributed by atoms with Crippen LogP contribution in [0.5, 0.6) is 0 Å². The highest BCUT2D eigenvalue weighted by Crippen LogP contribution is 2.26. The van der Waals surface area contributed by atoms with Crippen LogP contribution in [-0.4, -0.2) is 47.1 Å². The number of para-hydroxylation sites is 1. The van der Waals surface area contributed by atoms with E-state index in [9.17, 15) is 22.8 Å². The van der Waals surface area contributed by atoms with Crippen LogP contribution in [-0.2, 0) is 21.2 Å². The number of H-pyrrole nitrogens is 1. The summed E-state index contributed by atoms with van der Waals surface area (Å²) in [5.74, 6) is -0.478. The Kier molecular flexibility index (Phi) is 7.42. The number of nitrogens with zero attached hydrogens (tertiary/aromatic N) is 1. The Hall–Kier alpha value is -3.41. The third-order valence-electron chi connectivity index (χ3n) is 6.87. The van der Waals surface area contributed by atoms with Gasteiger partial charge in [-0.25, -0.2) is 13.2 Å². The molecule has 2 heterocycles. The molecule has 1 aliphatic rings. The first-order valence-corrected chi connectivity index (χ1v) is 14.5. The van der Waals surface area contributed by atoms with Gasteiger partial charge in [-0.05, 0) is 47.9 Å². The van der Waals surface area contributed by atoms with E-state index >= 15 is 0 Å². The Bertz CT molecular complexity index is 1730. The van der Waals surface area contributed by atoms with Gasteiger partial charge in [-0.15, -0.1) is 0 Å². The molecule has 0 spiro atoms. The maximum atomic E-state index is 13.7. The number of hydrogen-bond donors (Lipinski definition) is 4. The van der Waals surface area contributed by atoms with Crippen LogP contribution in [0.2, 0.25) is 0 Å². The van der Waals surface area contributed by atoms with Gasteiger partial charge in [0.1, 0.15) is 0 Å². The molecule has 5 rings (SSSR count). The number of carbonyl (C=O) groups is 1. The summed E-state index contributed by atoms with van der Waals surface area (Å²) >= 11 is 4.47. The van der Waals surface area contributed by atoms with E-state index in [0.29, 0.717) is 23.9 Å². The summed E-state index contributed by atoms with van der Waals surface area (Å²) in [4.78, 5) is 40.9. The second-order valence-corrected chi connectivity index (χ2v) is 12.3. The summed E-state index contributed by atoms with van der Waals surface area (Å²) in [6.07, 6.45) is 0.603. The topological polar surface area (TPSA) is 130 Å². The fourth-order valence-electron chi connectivity index (χ4n) is 4.89. The van der Waals surface area contributed by atoms with Crippen LogP contribution >= 0.6 is 12.6 Å². The normalized spacial score (nSPS) is 18.6. The van der Waals surface area contributed by atoms with E-state index in [1.54, 1.807) is 42.5 Å². The van der Waals surface area contributed by atoms with Crippen LogP contribution < -0.4 is 21.9 Å². The number of rotatable bonds is 8. The van der Waals surface area contributed by atoms with Crippen molar-refractivity contribution in [2.24, 2.45) is 0 Å². The summed E-state index contributed by atoms with van der Waals surface area (Å²) in [5.41, 5.74) is -0.540. The van der Waals surface area contributed by atoms with Gasteiger partial charge >= 0.3 is 5.69 Å². The molecule has 11 heteroatoms. The Morgan fingerprint density at radius 3 is 2.55 bits per heavy atom. The van der Waals surface area contributed by atoms with Crippen molar-refractivity contribution in [1.29, 1.82) is 0 Å². The van der Waals surface area contributed by atoms with Crippen LogP contribution in [0.15, 0.2) is 81.2 Å². The van der Waals surface area contributed by atoms with Crippen molar-refractivity contribution in [2.75, 3.05) is 6.54 Å². The summed E-state index contributed by atoms with van der Waals surface area (Å²) in [7, 11) is -3.95. The molecule has 0 bridgehead atoms. The zero-order valence-corrected chi connectivity index (χ0v) is 22.2. The molecule has 9 nitrogen and oxygen atoms in total. The molecule has 38 heavy (non-hydrogen) atoms. The Morgan fingerprint density at radius 2 is 1.79 bits per heavy atom. The van der Waals surface area contributed by atoms with Gasteiger partial charge in [-0.2, -0.15) is 12.6 Å². The summed E-state index contributed by atoms with van der Waals surface area (Å²) in [6, 6.07) is 18.6. The number of thiol groups is 1. The first-order valence-electron chi connectivity index (χ1n) is 12.4. The quantitative estimate of drug-likeness (QED) is 0.248.